The van der Waals surface area contributed by atoms with Gasteiger partial charge in [-0.25, -0.2) is 57.6 Å². The van der Waals surface area contributed by atoms with Crippen LogP contribution in [0.4, 0.5) is 11.4 Å². The first-order chi connectivity index (χ1) is 46.0. The smallest absolute Gasteiger partial charge is 0.341 e. The van der Waals surface area contributed by atoms with E-state index >= 15 is 0 Å². The van der Waals surface area contributed by atoms with Crippen LogP contribution in [0.15, 0.2) is 109 Å². The molecular weight excluding hydrogens is 1740 g/mol. The lowest BCUT2D eigenvalue weighted by atomic mass is 10.1. The number of carbonyl (C=O) groups is 6. The Labute approximate surface area is 619 Å². The van der Waals surface area contributed by atoms with Crippen LogP contribution >= 0.6 is 142 Å². The van der Waals surface area contributed by atoms with Crippen molar-refractivity contribution in [2.24, 2.45) is 0 Å². The third kappa shape index (κ3) is 16.5. The Balaban J connectivity index is 0.000000164. The number of fused-ring (bicyclic) bond motifs is 6. The average Bonchev–Trinajstić information content (AvgIpc) is 1.71. The fourth-order valence-corrected chi connectivity index (χ4v) is 13.0. The van der Waals surface area contributed by atoms with Gasteiger partial charge in [0.25, 0.3) is 0 Å². The van der Waals surface area contributed by atoms with Crippen LogP contribution in [0.1, 0.15) is 85.2 Å². The minimum absolute atomic E-state index is 0.0669. The molecule has 0 unspecified atom stereocenters. The number of carbonyl (C=O) groups excluding carboxylic acids is 5. The molecule has 0 spiro atoms. The lowest BCUT2D eigenvalue weighted by molar-refractivity contribution is -0.136. The summed E-state index contributed by atoms with van der Waals surface area (Å²) < 4.78 is 36.4. The molecule has 12 rings (SSSR count). The van der Waals surface area contributed by atoms with Crippen LogP contribution in [-0.2, 0) is 46.8 Å². The van der Waals surface area contributed by atoms with Gasteiger partial charge >= 0.3 is 35.8 Å². The minimum Gasteiger partial charge on any atom is -0.481 e. The summed E-state index contributed by atoms with van der Waals surface area (Å²) in [6.45, 7) is 12.5. The van der Waals surface area contributed by atoms with Crippen molar-refractivity contribution in [2.75, 3.05) is 47.0 Å². The van der Waals surface area contributed by atoms with E-state index in [0.29, 0.717) is 118 Å². The highest BCUT2D eigenvalue weighted by molar-refractivity contribution is 9.11. The molecule has 27 nitrogen and oxygen atoms in total. The normalized spacial score (nSPS) is 10.6. The molecule has 12 aromatic rings. The first kappa shape index (κ1) is 76.5. The highest BCUT2D eigenvalue weighted by Gasteiger charge is 2.25. The maximum atomic E-state index is 11.6. The van der Waals surface area contributed by atoms with Crippen LogP contribution in [-0.4, -0.2) is 134 Å². The number of anilines is 2. The lowest BCUT2D eigenvalue weighted by Crippen LogP contribution is -2.03. The third-order valence-electron chi connectivity index (χ3n) is 13.9. The molecule has 0 saturated heterocycles. The second kappa shape index (κ2) is 33.6. The highest BCUT2D eigenvalue weighted by atomic mass is 79.9. The zero-order valence-corrected chi connectivity index (χ0v) is 63.9. The SMILES string of the molecule is COC(=O)c1cnn2cc(Br)c(Cl)c(C)c12.COC(=O)c1cnn2cc(Br)c(Cl)c(CBr)c12.COC(=O)c1cnn2cc(Br)c(N)c(C)c12.COC(=O)c1cnn2ccc(N)c(C)c12.O=C(O)Cc1c(Cl)c(Br)cn2nccc12.[C-]#[N+]Cc1c(Cl)c(Br)cn2ncc(C(=O)OC)c12. The molecule has 0 aromatic carbocycles. The van der Waals surface area contributed by atoms with E-state index in [0.717, 1.165) is 35.7 Å². The Hall–Kier alpha value is -7.91. The Morgan fingerprint density at radius 2 is 0.835 bits per heavy atom. The van der Waals surface area contributed by atoms with Gasteiger partial charge in [0, 0.05) is 65.5 Å². The number of aromatic nitrogens is 12. The van der Waals surface area contributed by atoms with Gasteiger partial charge in [-0.1, -0.05) is 62.3 Å². The highest BCUT2D eigenvalue weighted by Crippen LogP contribution is 2.36. The number of aliphatic carboxylic acids is 1. The monoisotopic (exact) mass is 1780 g/mol. The molecule has 37 heteroatoms. The van der Waals surface area contributed by atoms with Gasteiger partial charge in [0.1, 0.15) is 27.8 Å². The number of halogens is 10. The second-order valence-electron chi connectivity index (χ2n) is 19.5. The summed E-state index contributed by atoms with van der Waals surface area (Å²) in [6.07, 6.45) is 18.9. The second-order valence-corrected chi connectivity index (χ2v) is 25.9. The number of rotatable bonds is 9. The molecule has 506 valence electrons. The van der Waals surface area contributed by atoms with E-state index in [4.69, 9.17) is 74.3 Å². The van der Waals surface area contributed by atoms with Gasteiger partial charge in [-0.15, -0.1) is 0 Å². The predicted molar refractivity (Wildman–Crippen MR) is 384 cm³/mol. The number of nitrogens with two attached hydrogens (primary N) is 2. The van der Waals surface area contributed by atoms with Crippen molar-refractivity contribution in [3.8, 4) is 0 Å². The van der Waals surface area contributed by atoms with E-state index in [1.807, 2.05) is 20.8 Å². The number of methoxy groups -OCH3 is 5. The fraction of sp³-hybridized carbons (Fsp3) is 0.183. The summed E-state index contributed by atoms with van der Waals surface area (Å²) in [4.78, 5) is 71.7. The molecule has 12 heterocycles. The van der Waals surface area contributed by atoms with E-state index in [9.17, 15) is 28.8 Å². The summed E-state index contributed by atoms with van der Waals surface area (Å²) >= 11 is 44.3. The van der Waals surface area contributed by atoms with Gasteiger partial charge in [0.2, 0.25) is 6.54 Å². The van der Waals surface area contributed by atoms with Crippen LogP contribution in [0.2, 0.25) is 20.1 Å². The summed E-state index contributed by atoms with van der Waals surface area (Å²) in [5.74, 6) is -3.09. The Bertz CT molecular complexity index is 5020. The van der Waals surface area contributed by atoms with Gasteiger partial charge in [-0.2, -0.15) is 30.6 Å². The number of alkyl halides is 1. The lowest BCUT2D eigenvalue weighted by Gasteiger charge is -2.07. The first-order valence-corrected chi connectivity index (χ1v) is 33.6. The number of carboxylic acids is 1. The Kier molecular flexibility index (Phi) is 26.5. The molecule has 0 aliphatic carbocycles. The van der Waals surface area contributed by atoms with Crippen LogP contribution < -0.4 is 11.5 Å². The number of esters is 5. The zero-order chi connectivity index (χ0) is 71.6. The number of nitrogens with zero attached hydrogens (tertiary/aromatic N) is 13. The number of hydrogen-bond donors (Lipinski definition) is 3. The summed E-state index contributed by atoms with van der Waals surface area (Å²) in [6, 6.07) is 3.48. The standard InChI is InChI=1S/C11H7BrClN3O2.C10H7Br2ClN2O2.C10H8BrClN2O2.C10H10BrN3O2.C10H11N3O2.C9H6BrClN2O2/c1-14-3-6-9(13)8(12)5-16-10(6)7(4-15-16)11(17)18-2;1-17-10(16)6-3-14-15-4-7(12)8(13)5(2-11)9(6)15;2*1-5-8(12)7(11)4-14-9(5)6(3-13-14)10(15)16-2;1-6-8(11)3-4-13-9(6)7(5-12-13)10(14)15-2;10-6-4-13-7(1-2-12-13)5(9(6)11)3-8(14)15/h4-5H,3H2,2H3;3-4H,2H2,1H3;3-4H,1-2H3;3-4H,12H2,1-2H3;3-5H,11H2,1-2H3;1-2,4H,3H2,(H,14,15). The van der Waals surface area contributed by atoms with Gasteiger partial charge < -0.3 is 45.1 Å². The molecule has 0 amide bonds. The van der Waals surface area contributed by atoms with Crippen LogP contribution in [0.5, 0.6) is 0 Å². The molecule has 97 heavy (non-hydrogen) atoms. The van der Waals surface area contributed by atoms with Crippen molar-refractivity contribution in [1.82, 2.24) is 57.7 Å². The molecule has 5 N–H and O–H groups in total. The summed E-state index contributed by atoms with van der Waals surface area (Å²) in [7, 11) is 6.64. The average molecular weight is 1790 g/mol. The molecule has 0 fully saturated rings. The first-order valence-electron chi connectivity index (χ1n) is 27.0. The van der Waals surface area contributed by atoms with Crippen molar-refractivity contribution in [3.05, 3.63) is 202 Å². The predicted octanol–water partition coefficient (Wildman–Crippen LogP) is 14.4. The number of nitrogen functional groups attached to an aromatic ring is 2. The van der Waals surface area contributed by atoms with E-state index in [-0.39, 0.29) is 13.0 Å². The molecule has 0 aliphatic rings. The van der Waals surface area contributed by atoms with Gasteiger partial charge in [-0.05, 0) is 129 Å². The Morgan fingerprint density at radius 3 is 1.26 bits per heavy atom. The third-order valence-corrected chi connectivity index (χ3v) is 20.2. The van der Waals surface area contributed by atoms with Crippen molar-refractivity contribution in [3.63, 3.8) is 0 Å². The topological polar surface area (TPSA) is 329 Å². The number of carboxylic acid groups (broad SMARTS) is 1. The summed E-state index contributed by atoms with van der Waals surface area (Å²) in [5.41, 5.74) is 23.1. The van der Waals surface area contributed by atoms with Crippen molar-refractivity contribution < 1.29 is 57.6 Å². The van der Waals surface area contributed by atoms with Crippen LogP contribution in [0, 0.1) is 27.3 Å². The largest absolute Gasteiger partial charge is 0.481 e. The molecule has 0 saturated carbocycles. The summed E-state index contributed by atoms with van der Waals surface area (Å²) in [5, 5.41) is 35.6. The molecule has 0 aliphatic heterocycles. The van der Waals surface area contributed by atoms with Gasteiger partial charge in [0.15, 0.2) is 0 Å². The maximum Gasteiger partial charge on any atom is 0.341 e. The van der Waals surface area contributed by atoms with Gasteiger partial charge in [0.05, 0.1) is 160 Å². The van der Waals surface area contributed by atoms with E-state index in [2.05, 4.69) is 150 Å². The number of pyridine rings is 6. The number of ether oxygens (including phenoxy) is 5. The minimum atomic E-state index is -0.918. The van der Waals surface area contributed by atoms with Crippen molar-refractivity contribution in [1.29, 1.82) is 0 Å². The maximum absolute atomic E-state index is 11.6. The number of hydrogen-bond acceptors (Lipinski definition) is 19. The van der Waals surface area contributed by atoms with E-state index < -0.39 is 35.8 Å². The number of aryl methyl sites for hydroxylation is 3. The van der Waals surface area contributed by atoms with Crippen LogP contribution in [0.25, 0.3) is 37.9 Å². The van der Waals surface area contributed by atoms with Gasteiger partial charge in [-0.3, -0.25) is 4.79 Å². The molecule has 0 radical (unpaired) electrons. The van der Waals surface area contributed by atoms with E-state index in [1.165, 1.54) is 71.0 Å². The zero-order valence-electron chi connectivity index (χ0n) is 51.4. The molecule has 0 atom stereocenters. The molecular formula is C60H49Br6Cl4N15O12. The Morgan fingerprint density at radius 1 is 0.485 bits per heavy atom. The molecule has 12 aromatic heterocycles. The molecule has 0 bridgehead atoms. The van der Waals surface area contributed by atoms with Crippen LogP contribution in [0.3, 0.4) is 0 Å². The van der Waals surface area contributed by atoms with E-state index in [1.54, 1.807) is 78.1 Å². The van der Waals surface area contributed by atoms with Crippen molar-refractivity contribution >= 4 is 222 Å². The quantitative estimate of drug-likeness (QED) is 0.0523. The fourth-order valence-electron chi connectivity index (χ4n) is 9.24. The van der Waals surface area contributed by atoms with Crippen molar-refractivity contribution in [2.45, 2.75) is 39.1 Å².